The third-order valence-electron chi connectivity index (χ3n) is 2.97. The van der Waals surface area contributed by atoms with Crippen molar-refractivity contribution in [2.24, 2.45) is 5.92 Å². The molecule has 0 saturated carbocycles. The van der Waals surface area contributed by atoms with Crippen LogP contribution in [-0.2, 0) is 4.74 Å². The van der Waals surface area contributed by atoms with Crippen molar-refractivity contribution in [3.05, 3.63) is 30.2 Å². The third kappa shape index (κ3) is 5.17. The fraction of sp³-hybridized carbons (Fsp3) is 0.412. The second-order valence-corrected chi connectivity index (χ2v) is 5.50. The first-order chi connectivity index (χ1) is 11.9. The molecule has 0 aliphatic heterocycles. The van der Waals surface area contributed by atoms with Gasteiger partial charge >= 0.3 is 12.6 Å². The van der Waals surface area contributed by atoms with Crippen molar-refractivity contribution in [2.45, 2.75) is 27.4 Å². The van der Waals surface area contributed by atoms with E-state index < -0.39 is 12.6 Å². The summed E-state index contributed by atoms with van der Waals surface area (Å²) in [6.07, 6.45) is 1.17. The molecule has 1 aromatic carbocycles. The summed E-state index contributed by atoms with van der Waals surface area (Å²) in [5.74, 6) is -0.216. The SMILES string of the molecule is CCOC(=O)c1coc(-c2ccc(OC(F)F)c(OCC(C)C)c2)n1. The highest BCUT2D eigenvalue weighted by molar-refractivity contribution is 5.87. The number of oxazole rings is 1. The van der Waals surface area contributed by atoms with Gasteiger partial charge in [0.15, 0.2) is 17.2 Å². The van der Waals surface area contributed by atoms with Crippen LogP contribution in [0.15, 0.2) is 28.9 Å². The molecule has 8 heteroatoms. The molecule has 0 saturated heterocycles. The summed E-state index contributed by atoms with van der Waals surface area (Å²) in [5, 5.41) is 0. The second-order valence-electron chi connectivity index (χ2n) is 5.50. The topological polar surface area (TPSA) is 70.8 Å². The molecule has 0 N–H and O–H groups in total. The van der Waals surface area contributed by atoms with Crippen LogP contribution >= 0.6 is 0 Å². The van der Waals surface area contributed by atoms with Crippen LogP contribution in [0.25, 0.3) is 11.5 Å². The van der Waals surface area contributed by atoms with Crippen LogP contribution in [0.3, 0.4) is 0 Å². The number of hydrogen-bond donors (Lipinski definition) is 0. The number of carbonyl (C=O) groups excluding carboxylic acids is 1. The van der Waals surface area contributed by atoms with Crippen molar-refractivity contribution in [1.82, 2.24) is 4.98 Å². The molecule has 1 aromatic heterocycles. The van der Waals surface area contributed by atoms with Crippen molar-refractivity contribution in [3.8, 4) is 23.0 Å². The minimum absolute atomic E-state index is 0.0226. The molecule has 0 fully saturated rings. The molecule has 0 aliphatic rings. The Bertz CT molecular complexity index is 715. The maximum atomic E-state index is 12.5. The molecule has 0 aliphatic carbocycles. The molecule has 0 radical (unpaired) electrons. The van der Waals surface area contributed by atoms with Gasteiger partial charge in [-0.1, -0.05) is 13.8 Å². The zero-order valence-corrected chi connectivity index (χ0v) is 14.1. The Labute approximate surface area is 143 Å². The summed E-state index contributed by atoms with van der Waals surface area (Å²) in [6.45, 7) is 3.11. The van der Waals surface area contributed by atoms with Gasteiger partial charge in [-0.2, -0.15) is 8.78 Å². The largest absolute Gasteiger partial charge is 0.489 e. The summed E-state index contributed by atoms with van der Waals surface area (Å²) < 4.78 is 45.2. The zero-order valence-electron chi connectivity index (χ0n) is 14.1. The highest BCUT2D eigenvalue weighted by Gasteiger charge is 2.17. The van der Waals surface area contributed by atoms with E-state index in [2.05, 4.69) is 9.72 Å². The van der Waals surface area contributed by atoms with Crippen LogP contribution in [0.4, 0.5) is 8.78 Å². The van der Waals surface area contributed by atoms with Crippen molar-refractivity contribution < 1.29 is 32.2 Å². The molecule has 0 amide bonds. The van der Waals surface area contributed by atoms with Crippen molar-refractivity contribution in [1.29, 1.82) is 0 Å². The molecule has 0 unspecified atom stereocenters. The highest BCUT2D eigenvalue weighted by atomic mass is 19.3. The normalized spacial score (nSPS) is 11.0. The molecule has 1 heterocycles. The number of benzene rings is 1. The fourth-order valence-corrected chi connectivity index (χ4v) is 1.91. The first-order valence-electron chi connectivity index (χ1n) is 7.75. The maximum absolute atomic E-state index is 12.5. The minimum atomic E-state index is -2.97. The van der Waals surface area contributed by atoms with E-state index in [9.17, 15) is 13.6 Å². The van der Waals surface area contributed by atoms with E-state index >= 15 is 0 Å². The molecule has 25 heavy (non-hydrogen) atoms. The van der Waals surface area contributed by atoms with Crippen LogP contribution in [0.1, 0.15) is 31.3 Å². The summed E-state index contributed by atoms with van der Waals surface area (Å²) in [5.41, 5.74) is 0.477. The van der Waals surface area contributed by atoms with Crippen LogP contribution in [-0.4, -0.2) is 30.8 Å². The van der Waals surface area contributed by atoms with Gasteiger partial charge in [0, 0.05) is 5.56 Å². The number of hydrogen-bond acceptors (Lipinski definition) is 6. The lowest BCUT2D eigenvalue weighted by Gasteiger charge is -2.14. The van der Waals surface area contributed by atoms with E-state index in [-0.39, 0.29) is 35.6 Å². The Kier molecular flexibility index (Phi) is 6.32. The number of halogens is 2. The lowest BCUT2D eigenvalue weighted by molar-refractivity contribution is -0.0515. The van der Waals surface area contributed by atoms with Gasteiger partial charge in [0.2, 0.25) is 5.89 Å². The van der Waals surface area contributed by atoms with E-state index in [4.69, 9.17) is 13.9 Å². The predicted molar refractivity (Wildman–Crippen MR) is 84.9 cm³/mol. The fourth-order valence-electron chi connectivity index (χ4n) is 1.91. The molecule has 0 atom stereocenters. The van der Waals surface area contributed by atoms with Crippen molar-refractivity contribution >= 4 is 5.97 Å². The van der Waals surface area contributed by atoms with Gasteiger partial charge in [0.1, 0.15) is 6.26 Å². The number of rotatable bonds is 8. The van der Waals surface area contributed by atoms with Crippen molar-refractivity contribution in [2.75, 3.05) is 13.2 Å². The quantitative estimate of drug-likeness (QED) is 0.663. The summed E-state index contributed by atoms with van der Waals surface area (Å²) in [6, 6.07) is 4.30. The van der Waals surface area contributed by atoms with E-state index in [1.54, 1.807) is 6.92 Å². The Balaban J connectivity index is 2.28. The number of aromatic nitrogens is 1. The lowest BCUT2D eigenvalue weighted by Crippen LogP contribution is -2.08. The molecule has 2 aromatic rings. The monoisotopic (exact) mass is 355 g/mol. The van der Waals surface area contributed by atoms with Gasteiger partial charge in [-0.3, -0.25) is 0 Å². The van der Waals surface area contributed by atoms with E-state index in [0.29, 0.717) is 12.2 Å². The first kappa shape index (κ1) is 18.7. The zero-order chi connectivity index (χ0) is 18.4. The van der Waals surface area contributed by atoms with E-state index in [1.165, 1.54) is 24.5 Å². The second kappa shape index (κ2) is 8.46. The predicted octanol–water partition coefficient (Wildman–Crippen LogP) is 4.15. The number of esters is 1. The van der Waals surface area contributed by atoms with E-state index in [0.717, 1.165) is 0 Å². The molecule has 2 rings (SSSR count). The molecule has 6 nitrogen and oxygen atoms in total. The minimum Gasteiger partial charge on any atom is -0.489 e. The van der Waals surface area contributed by atoms with Gasteiger partial charge < -0.3 is 18.6 Å². The Morgan fingerprint density at radius 2 is 2.04 bits per heavy atom. The number of carbonyl (C=O) groups is 1. The summed E-state index contributed by atoms with van der Waals surface area (Å²) >= 11 is 0. The highest BCUT2D eigenvalue weighted by Crippen LogP contribution is 2.34. The molecular weight excluding hydrogens is 336 g/mol. The summed E-state index contributed by atoms with van der Waals surface area (Å²) in [7, 11) is 0. The molecule has 0 bridgehead atoms. The Morgan fingerprint density at radius 3 is 2.68 bits per heavy atom. The summed E-state index contributed by atoms with van der Waals surface area (Å²) in [4.78, 5) is 15.7. The van der Waals surface area contributed by atoms with Crippen LogP contribution < -0.4 is 9.47 Å². The Morgan fingerprint density at radius 1 is 1.28 bits per heavy atom. The van der Waals surface area contributed by atoms with Crippen LogP contribution in [0.2, 0.25) is 0 Å². The number of alkyl halides is 2. The standard InChI is InChI=1S/C17H19F2NO5/c1-4-22-16(21)12-9-24-15(20-12)11-5-6-13(25-17(18)19)14(7-11)23-8-10(2)3/h5-7,9-10,17H,4,8H2,1-3H3. The Hall–Kier alpha value is -2.64. The average molecular weight is 355 g/mol. The molecule has 136 valence electrons. The van der Waals surface area contributed by atoms with Gasteiger partial charge in [0.25, 0.3) is 0 Å². The third-order valence-corrected chi connectivity index (χ3v) is 2.97. The number of nitrogens with zero attached hydrogens (tertiary/aromatic N) is 1. The van der Waals surface area contributed by atoms with Crippen molar-refractivity contribution in [3.63, 3.8) is 0 Å². The van der Waals surface area contributed by atoms with Gasteiger partial charge in [0.05, 0.1) is 13.2 Å². The van der Waals surface area contributed by atoms with Gasteiger partial charge in [-0.15, -0.1) is 0 Å². The first-order valence-corrected chi connectivity index (χ1v) is 7.75. The van der Waals surface area contributed by atoms with Gasteiger partial charge in [-0.25, -0.2) is 9.78 Å². The lowest BCUT2D eigenvalue weighted by atomic mass is 10.2. The maximum Gasteiger partial charge on any atom is 0.387 e. The molecule has 0 spiro atoms. The smallest absolute Gasteiger partial charge is 0.387 e. The molecular formula is C17H19F2NO5. The average Bonchev–Trinajstić information content (AvgIpc) is 3.03. The van der Waals surface area contributed by atoms with Gasteiger partial charge in [-0.05, 0) is 31.0 Å². The van der Waals surface area contributed by atoms with E-state index in [1.807, 2.05) is 13.8 Å². The van der Waals surface area contributed by atoms with Crippen LogP contribution in [0, 0.1) is 5.92 Å². The number of ether oxygens (including phenoxy) is 3. The van der Waals surface area contributed by atoms with Crippen LogP contribution in [0.5, 0.6) is 11.5 Å².